The van der Waals surface area contributed by atoms with Crippen molar-refractivity contribution in [3.05, 3.63) is 12.2 Å². The maximum Gasteiger partial charge on any atom is 0.307 e. The lowest BCUT2D eigenvalue weighted by Gasteiger charge is -2.33. The van der Waals surface area contributed by atoms with Crippen LogP contribution in [0.1, 0.15) is 20.3 Å². The van der Waals surface area contributed by atoms with Crippen LogP contribution in [0.2, 0.25) is 0 Å². The van der Waals surface area contributed by atoms with E-state index in [9.17, 15) is 13.2 Å². The number of carbonyl (C=O) groups is 1. The first kappa shape index (κ1) is 14.2. The predicted molar refractivity (Wildman–Crippen MR) is 65.1 cm³/mol. The molecule has 1 aliphatic heterocycles. The molecule has 1 rings (SSSR count). The highest BCUT2D eigenvalue weighted by Gasteiger charge is 2.35. The van der Waals surface area contributed by atoms with Crippen molar-refractivity contribution in [1.29, 1.82) is 0 Å². The Morgan fingerprint density at radius 3 is 2.53 bits per heavy atom. The summed E-state index contributed by atoms with van der Waals surface area (Å²) < 4.78 is 25.3. The molecule has 0 spiro atoms. The molecule has 2 atom stereocenters. The molecule has 0 radical (unpaired) electrons. The van der Waals surface area contributed by atoms with Gasteiger partial charge >= 0.3 is 5.97 Å². The Bertz CT molecular complexity index is 415. The fourth-order valence-electron chi connectivity index (χ4n) is 2.11. The molecule has 0 amide bonds. The second kappa shape index (κ2) is 5.18. The van der Waals surface area contributed by atoms with Gasteiger partial charge in [-0.2, -0.15) is 0 Å². The van der Waals surface area contributed by atoms with E-state index in [2.05, 4.69) is 6.58 Å². The summed E-state index contributed by atoms with van der Waals surface area (Å²) in [5.74, 6) is -1.55. The summed E-state index contributed by atoms with van der Waals surface area (Å²) in [6.07, 6.45) is 0.536. The maximum absolute atomic E-state index is 12.0. The normalized spacial score (nSPS) is 26.7. The van der Waals surface area contributed by atoms with Crippen LogP contribution in [0.5, 0.6) is 0 Å². The zero-order chi connectivity index (χ0) is 13.2. The molecule has 0 saturated carbocycles. The van der Waals surface area contributed by atoms with Gasteiger partial charge in [0.25, 0.3) is 0 Å². The monoisotopic (exact) mass is 261 g/mol. The van der Waals surface area contributed by atoms with Crippen LogP contribution in [0.4, 0.5) is 0 Å². The van der Waals surface area contributed by atoms with E-state index in [1.807, 2.05) is 6.92 Å². The highest BCUT2D eigenvalue weighted by atomic mass is 32.2. The minimum Gasteiger partial charge on any atom is -0.481 e. The van der Waals surface area contributed by atoms with Crippen LogP contribution >= 0.6 is 0 Å². The first-order valence-corrected chi connectivity index (χ1v) is 7.18. The molecule has 0 bridgehead atoms. The number of hydrogen-bond acceptors (Lipinski definition) is 3. The molecular weight excluding hydrogens is 242 g/mol. The summed E-state index contributed by atoms with van der Waals surface area (Å²) in [5.41, 5.74) is 0.565. The number of aliphatic carboxylic acids is 1. The van der Waals surface area contributed by atoms with Crippen molar-refractivity contribution in [1.82, 2.24) is 4.31 Å². The fourth-order valence-corrected chi connectivity index (χ4v) is 3.81. The van der Waals surface area contributed by atoms with E-state index >= 15 is 0 Å². The lowest BCUT2D eigenvalue weighted by molar-refractivity contribution is -0.143. The van der Waals surface area contributed by atoms with E-state index in [4.69, 9.17) is 5.11 Å². The fraction of sp³-hybridized carbons (Fsp3) is 0.727. The average Bonchev–Trinajstić information content (AvgIpc) is 2.14. The van der Waals surface area contributed by atoms with Gasteiger partial charge < -0.3 is 5.11 Å². The zero-order valence-corrected chi connectivity index (χ0v) is 11.0. The first-order chi connectivity index (χ1) is 7.72. The molecule has 1 saturated heterocycles. The molecule has 5 nitrogen and oxygen atoms in total. The number of carboxylic acid groups (broad SMARTS) is 1. The van der Waals surface area contributed by atoms with Crippen LogP contribution in [0.25, 0.3) is 0 Å². The Hall–Kier alpha value is -0.880. The quantitative estimate of drug-likeness (QED) is 0.764. The minimum atomic E-state index is -3.41. The van der Waals surface area contributed by atoms with Gasteiger partial charge in [0.1, 0.15) is 0 Å². The summed E-state index contributed by atoms with van der Waals surface area (Å²) in [5, 5.41) is 8.98. The Morgan fingerprint density at radius 2 is 2.06 bits per heavy atom. The largest absolute Gasteiger partial charge is 0.481 e. The standard InChI is InChI=1S/C11H19NO4S/c1-8(2)7-17(15,16)12-5-9(3)4-10(6-12)11(13)14/h9-10H,1,4-7H2,2-3H3,(H,13,14). The van der Waals surface area contributed by atoms with E-state index < -0.39 is 21.9 Å². The first-order valence-electron chi connectivity index (χ1n) is 5.57. The molecule has 17 heavy (non-hydrogen) atoms. The van der Waals surface area contributed by atoms with Gasteiger partial charge in [0.05, 0.1) is 11.7 Å². The smallest absolute Gasteiger partial charge is 0.307 e. The third kappa shape index (κ3) is 3.81. The van der Waals surface area contributed by atoms with Gasteiger partial charge in [0.2, 0.25) is 10.0 Å². The molecule has 1 heterocycles. The molecule has 0 aliphatic carbocycles. The predicted octanol–water partition coefficient (Wildman–Crippen LogP) is 0.935. The van der Waals surface area contributed by atoms with Gasteiger partial charge in [-0.05, 0) is 19.3 Å². The van der Waals surface area contributed by atoms with Crippen molar-refractivity contribution in [2.24, 2.45) is 11.8 Å². The highest BCUT2D eigenvalue weighted by molar-refractivity contribution is 7.89. The number of rotatable bonds is 4. The SMILES string of the molecule is C=C(C)CS(=O)(=O)N1CC(C)CC(C(=O)O)C1. The van der Waals surface area contributed by atoms with Crippen LogP contribution in [-0.2, 0) is 14.8 Å². The van der Waals surface area contributed by atoms with Crippen molar-refractivity contribution in [3.63, 3.8) is 0 Å². The number of nitrogens with zero attached hydrogens (tertiary/aromatic N) is 1. The molecular formula is C11H19NO4S. The molecule has 2 unspecified atom stereocenters. The van der Waals surface area contributed by atoms with Crippen LogP contribution < -0.4 is 0 Å². The van der Waals surface area contributed by atoms with E-state index in [0.29, 0.717) is 18.5 Å². The van der Waals surface area contributed by atoms with Crippen molar-refractivity contribution in [2.75, 3.05) is 18.8 Å². The minimum absolute atomic E-state index is 0.0738. The molecule has 1 N–H and O–H groups in total. The van der Waals surface area contributed by atoms with Gasteiger partial charge in [-0.15, -0.1) is 0 Å². The van der Waals surface area contributed by atoms with Gasteiger partial charge in [0.15, 0.2) is 0 Å². The Kier molecular flexibility index (Phi) is 4.32. The Morgan fingerprint density at radius 1 is 1.47 bits per heavy atom. The second-order valence-corrected chi connectivity index (χ2v) is 6.88. The summed E-state index contributed by atoms with van der Waals surface area (Å²) in [6.45, 7) is 7.59. The van der Waals surface area contributed by atoms with E-state index in [0.717, 1.165) is 0 Å². The summed E-state index contributed by atoms with van der Waals surface area (Å²) in [7, 11) is -3.41. The van der Waals surface area contributed by atoms with Crippen LogP contribution in [0.3, 0.4) is 0 Å². The van der Waals surface area contributed by atoms with E-state index in [-0.39, 0.29) is 18.2 Å². The van der Waals surface area contributed by atoms with Crippen molar-refractivity contribution >= 4 is 16.0 Å². The molecule has 0 aromatic heterocycles. The van der Waals surface area contributed by atoms with Gasteiger partial charge in [0, 0.05) is 13.1 Å². The van der Waals surface area contributed by atoms with Crippen LogP contribution in [-0.4, -0.2) is 42.6 Å². The lowest BCUT2D eigenvalue weighted by atomic mass is 9.92. The number of carboxylic acids is 1. The van der Waals surface area contributed by atoms with E-state index in [1.165, 1.54) is 4.31 Å². The zero-order valence-electron chi connectivity index (χ0n) is 10.2. The summed E-state index contributed by atoms with van der Waals surface area (Å²) in [6, 6.07) is 0. The Labute approximate surface area is 102 Å². The molecule has 1 aliphatic rings. The Balaban J connectivity index is 2.83. The van der Waals surface area contributed by atoms with Gasteiger partial charge in [-0.1, -0.05) is 19.1 Å². The number of hydrogen-bond donors (Lipinski definition) is 1. The summed E-state index contributed by atoms with van der Waals surface area (Å²) in [4.78, 5) is 11.0. The molecule has 0 aromatic rings. The van der Waals surface area contributed by atoms with Crippen LogP contribution in [0, 0.1) is 11.8 Å². The van der Waals surface area contributed by atoms with E-state index in [1.54, 1.807) is 6.92 Å². The molecule has 6 heteroatoms. The third-order valence-electron chi connectivity index (χ3n) is 2.80. The topological polar surface area (TPSA) is 74.7 Å². The van der Waals surface area contributed by atoms with Gasteiger partial charge in [-0.25, -0.2) is 12.7 Å². The second-order valence-electron chi connectivity index (χ2n) is 4.91. The maximum atomic E-state index is 12.0. The number of sulfonamides is 1. The average molecular weight is 261 g/mol. The van der Waals surface area contributed by atoms with Crippen molar-refractivity contribution < 1.29 is 18.3 Å². The van der Waals surface area contributed by atoms with Crippen molar-refractivity contribution in [2.45, 2.75) is 20.3 Å². The molecule has 1 fully saturated rings. The lowest BCUT2D eigenvalue weighted by Crippen LogP contribution is -2.46. The molecule has 98 valence electrons. The summed E-state index contributed by atoms with van der Waals surface area (Å²) >= 11 is 0. The van der Waals surface area contributed by atoms with Crippen LogP contribution in [0.15, 0.2) is 12.2 Å². The number of piperidine rings is 1. The van der Waals surface area contributed by atoms with Gasteiger partial charge in [-0.3, -0.25) is 4.79 Å². The molecule has 0 aromatic carbocycles. The van der Waals surface area contributed by atoms with Crippen molar-refractivity contribution in [3.8, 4) is 0 Å². The highest BCUT2D eigenvalue weighted by Crippen LogP contribution is 2.24. The third-order valence-corrected chi connectivity index (χ3v) is 4.74.